The molecule has 6 heteroatoms. The van der Waals surface area contributed by atoms with Crippen molar-refractivity contribution in [2.45, 2.75) is 84.1 Å². The number of fused-ring (bicyclic) bond motifs is 1. The quantitative estimate of drug-likeness (QED) is 0.466. The SMILES string of the molecule is CCCc1cc2c(N[C@H]3CC[C@H](N)CC3)c(-c3ccc(COC(C)C)cn3)cnc2[nH]1. The monoisotopic (exact) mass is 421 g/mol. The first kappa shape index (κ1) is 21.8. The summed E-state index contributed by atoms with van der Waals surface area (Å²) in [4.78, 5) is 13.0. The summed E-state index contributed by atoms with van der Waals surface area (Å²) in [6.07, 6.45) is 10.5. The summed E-state index contributed by atoms with van der Waals surface area (Å²) >= 11 is 0. The third kappa shape index (κ3) is 5.25. The molecule has 1 aliphatic rings. The Kier molecular flexibility index (Phi) is 6.88. The fraction of sp³-hybridized carbons (Fsp3) is 0.520. The van der Waals surface area contributed by atoms with E-state index in [0.29, 0.717) is 18.7 Å². The van der Waals surface area contributed by atoms with Gasteiger partial charge >= 0.3 is 0 Å². The highest BCUT2D eigenvalue weighted by atomic mass is 16.5. The standard InChI is InChI=1S/C25H35N5O/c1-4-5-20-12-21-24(29-19-9-7-18(26)8-10-19)22(14-28-25(21)30-20)23-11-6-17(13-27-23)15-31-16(2)3/h6,11-14,16,18-19H,4-5,7-10,15,26H2,1-3H3,(H2,28,29,30)/t18-,19-. The number of rotatable bonds is 8. The number of anilines is 1. The average Bonchev–Trinajstić information content (AvgIpc) is 3.18. The lowest BCUT2D eigenvalue weighted by Gasteiger charge is -2.28. The van der Waals surface area contributed by atoms with Crippen LogP contribution in [0.3, 0.4) is 0 Å². The number of nitrogens with two attached hydrogens (primary N) is 1. The number of ether oxygens (including phenoxy) is 1. The molecule has 0 aliphatic heterocycles. The first-order valence-corrected chi connectivity index (χ1v) is 11.6. The lowest BCUT2D eigenvalue weighted by Crippen LogP contribution is -2.33. The van der Waals surface area contributed by atoms with Gasteiger partial charge in [-0.05, 0) is 63.6 Å². The van der Waals surface area contributed by atoms with Crippen LogP contribution in [0.15, 0.2) is 30.6 Å². The number of pyridine rings is 2. The minimum absolute atomic E-state index is 0.205. The van der Waals surface area contributed by atoms with Crippen molar-refractivity contribution >= 4 is 16.7 Å². The first-order chi connectivity index (χ1) is 15.0. The fourth-order valence-corrected chi connectivity index (χ4v) is 4.28. The van der Waals surface area contributed by atoms with Crippen LogP contribution < -0.4 is 11.1 Å². The van der Waals surface area contributed by atoms with Crippen LogP contribution in [0, 0.1) is 0 Å². The van der Waals surface area contributed by atoms with Crippen molar-refractivity contribution in [3.8, 4) is 11.3 Å². The third-order valence-electron chi connectivity index (χ3n) is 6.04. The Labute approximate surface area is 185 Å². The Morgan fingerprint density at radius 3 is 2.65 bits per heavy atom. The zero-order valence-electron chi connectivity index (χ0n) is 18.9. The minimum Gasteiger partial charge on any atom is -0.381 e. The van der Waals surface area contributed by atoms with Crippen LogP contribution >= 0.6 is 0 Å². The van der Waals surface area contributed by atoms with Crippen LogP contribution in [0.1, 0.15) is 64.1 Å². The summed E-state index contributed by atoms with van der Waals surface area (Å²) in [5.74, 6) is 0. The highest BCUT2D eigenvalue weighted by Gasteiger charge is 2.22. The van der Waals surface area contributed by atoms with Gasteiger partial charge < -0.3 is 20.8 Å². The lowest BCUT2D eigenvalue weighted by atomic mass is 9.91. The molecule has 4 rings (SSSR count). The van der Waals surface area contributed by atoms with Crippen LogP contribution in [-0.4, -0.2) is 33.1 Å². The molecule has 4 N–H and O–H groups in total. The van der Waals surface area contributed by atoms with E-state index in [1.54, 1.807) is 0 Å². The van der Waals surface area contributed by atoms with Gasteiger partial charge in [-0.15, -0.1) is 0 Å². The maximum absolute atomic E-state index is 6.13. The lowest BCUT2D eigenvalue weighted by molar-refractivity contribution is 0.0655. The van der Waals surface area contributed by atoms with Gasteiger partial charge in [0.1, 0.15) is 5.65 Å². The zero-order chi connectivity index (χ0) is 21.8. The van der Waals surface area contributed by atoms with Gasteiger partial charge in [-0.25, -0.2) is 4.98 Å². The maximum atomic E-state index is 6.13. The number of nitrogens with one attached hydrogen (secondary N) is 2. The van der Waals surface area contributed by atoms with E-state index in [4.69, 9.17) is 20.4 Å². The molecular formula is C25H35N5O. The molecule has 3 heterocycles. The minimum atomic E-state index is 0.205. The smallest absolute Gasteiger partial charge is 0.139 e. The predicted octanol–water partition coefficient (Wildman–Crippen LogP) is 5.18. The van der Waals surface area contributed by atoms with Gasteiger partial charge in [0.2, 0.25) is 0 Å². The normalized spacial score (nSPS) is 19.3. The summed E-state index contributed by atoms with van der Waals surface area (Å²) in [5, 5.41) is 4.98. The van der Waals surface area contributed by atoms with E-state index < -0.39 is 0 Å². The van der Waals surface area contributed by atoms with Gasteiger partial charge in [-0.2, -0.15) is 0 Å². The van der Waals surface area contributed by atoms with Crippen molar-refractivity contribution < 1.29 is 4.74 Å². The van der Waals surface area contributed by atoms with Crippen molar-refractivity contribution in [2.24, 2.45) is 5.73 Å². The molecule has 1 fully saturated rings. The molecule has 166 valence electrons. The Morgan fingerprint density at radius 2 is 1.97 bits per heavy atom. The average molecular weight is 422 g/mol. The van der Waals surface area contributed by atoms with Gasteiger partial charge in [0.15, 0.2) is 0 Å². The Bertz CT molecular complexity index is 987. The number of H-pyrrole nitrogens is 1. The van der Waals surface area contributed by atoms with E-state index in [9.17, 15) is 0 Å². The number of nitrogens with zero attached hydrogens (tertiary/aromatic N) is 2. The third-order valence-corrected chi connectivity index (χ3v) is 6.04. The second-order valence-electron chi connectivity index (χ2n) is 9.02. The Morgan fingerprint density at radius 1 is 1.16 bits per heavy atom. The molecule has 0 radical (unpaired) electrons. The van der Waals surface area contributed by atoms with E-state index in [-0.39, 0.29) is 6.10 Å². The van der Waals surface area contributed by atoms with Gasteiger partial charge in [-0.3, -0.25) is 4.98 Å². The van der Waals surface area contributed by atoms with E-state index in [0.717, 1.165) is 72.1 Å². The second-order valence-corrected chi connectivity index (χ2v) is 9.02. The first-order valence-electron chi connectivity index (χ1n) is 11.6. The van der Waals surface area contributed by atoms with Crippen molar-refractivity contribution in [1.29, 1.82) is 0 Å². The van der Waals surface area contributed by atoms with Crippen LogP contribution in [0.25, 0.3) is 22.3 Å². The van der Waals surface area contributed by atoms with Crippen molar-refractivity contribution in [1.82, 2.24) is 15.0 Å². The Hall–Kier alpha value is -2.44. The number of aromatic amines is 1. The summed E-state index contributed by atoms with van der Waals surface area (Å²) in [6.45, 7) is 6.86. The number of hydrogen-bond donors (Lipinski definition) is 3. The van der Waals surface area contributed by atoms with Crippen LogP contribution in [-0.2, 0) is 17.8 Å². The molecule has 0 spiro atoms. The molecule has 0 saturated heterocycles. The van der Waals surface area contributed by atoms with Crippen LogP contribution in [0.4, 0.5) is 5.69 Å². The molecule has 0 unspecified atom stereocenters. The number of hydrogen-bond acceptors (Lipinski definition) is 5. The molecule has 1 saturated carbocycles. The van der Waals surface area contributed by atoms with Crippen LogP contribution in [0.5, 0.6) is 0 Å². The topological polar surface area (TPSA) is 88.8 Å². The maximum Gasteiger partial charge on any atom is 0.139 e. The molecule has 31 heavy (non-hydrogen) atoms. The van der Waals surface area contributed by atoms with E-state index in [2.05, 4.69) is 35.4 Å². The largest absolute Gasteiger partial charge is 0.381 e. The van der Waals surface area contributed by atoms with Crippen molar-refractivity contribution in [3.63, 3.8) is 0 Å². The summed E-state index contributed by atoms with van der Waals surface area (Å²) in [5.41, 5.74) is 12.5. The Balaban J connectivity index is 1.68. The van der Waals surface area contributed by atoms with Crippen molar-refractivity contribution in [3.05, 3.63) is 41.9 Å². The molecule has 6 nitrogen and oxygen atoms in total. The van der Waals surface area contributed by atoms with Crippen LogP contribution in [0.2, 0.25) is 0 Å². The van der Waals surface area contributed by atoms with Gasteiger partial charge in [-0.1, -0.05) is 19.4 Å². The van der Waals surface area contributed by atoms with Gasteiger partial charge in [0.05, 0.1) is 24.1 Å². The summed E-state index contributed by atoms with van der Waals surface area (Å²) < 4.78 is 5.71. The molecule has 0 bridgehead atoms. The highest BCUT2D eigenvalue weighted by Crippen LogP contribution is 2.35. The zero-order valence-corrected chi connectivity index (χ0v) is 18.9. The molecule has 3 aromatic heterocycles. The van der Waals surface area contributed by atoms with Gasteiger partial charge in [0.25, 0.3) is 0 Å². The number of aromatic nitrogens is 3. The highest BCUT2D eigenvalue weighted by molar-refractivity contribution is 5.98. The molecule has 0 atom stereocenters. The molecule has 3 aromatic rings. The predicted molar refractivity (Wildman–Crippen MR) is 127 cm³/mol. The summed E-state index contributed by atoms with van der Waals surface area (Å²) in [7, 11) is 0. The summed E-state index contributed by atoms with van der Waals surface area (Å²) in [6, 6.07) is 7.17. The van der Waals surface area contributed by atoms with E-state index >= 15 is 0 Å². The van der Waals surface area contributed by atoms with E-state index in [1.807, 2.05) is 26.2 Å². The second kappa shape index (κ2) is 9.79. The molecule has 1 aliphatic carbocycles. The number of aryl methyl sites for hydroxylation is 1. The molecular weight excluding hydrogens is 386 g/mol. The molecule has 0 aromatic carbocycles. The molecule has 0 amide bonds. The van der Waals surface area contributed by atoms with Crippen molar-refractivity contribution in [2.75, 3.05) is 5.32 Å². The van der Waals surface area contributed by atoms with E-state index in [1.165, 1.54) is 5.69 Å². The van der Waals surface area contributed by atoms with Gasteiger partial charge in [0, 0.05) is 41.1 Å². The fourth-order valence-electron chi connectivity index (χ4n) is 4.28.